The molecule has 0 aliphatic rings. The molecule has 0 aromatic heterocycles. The largest absolute Gasteiger partial charge is 0.377 e. The van der Waals surface area contributed by atoms with Gasteiger partial charge >= 0.3 is 0 Å². The van der Waals surface area contributed by atoms with Gasteiger partial charge in [-0.1, -0.05) is 12.1 Å². The first kappa shape index (κ1) is 18.7. The molecular weight excluding hydrogens is 332 g/mol. The maximum absolute atomic E-state index is 11.1. The van der Waals surface area contributed by atoms with Crippen LogP contribution in [0, 0.1) is 6.92 Å². The van der Waals surface area contributed by atoms with E-state index < -0.39 is 5.91 Å². The number of amides is 1. The maximum atomic E-state index is 11.1. The van der Waals surface area contributed by atoms with Crippen molar-refractivity contribution in [2.24, 2.45) is 5.73 Å². The van der Waals surface area contributed by atoms with Crippen molar-refractivity contribution in [2.45, 2.75) is 13.3 Å². The summed E-state index contributed by atoms with van der Waals surface area (Å²) in [6, 6.07) is 13.4. The lowest BCUT2D eigenvalue weighted by atomic mass is 10.1. The number of anilines is 2. The summed E-state index contributed by atoms with van der Waals surface area (Å²) in [5.41, 5.74) is 10.3. The lowest BCUT2D eigenvalue weighted by Gasteiger charge is -2.16. The number of carbonyl (C=O) groups excluding carboxylic acids is 1. The normalized spacial score (nSPS) is 10.2. The van der Waals surface area contributed by atoms with Crippen molar-refractivity contribution < 1.29 is 4.79 Å². The van der Waals surface area contributed by atoms with E-state index in [1.54, 1.807) is 24.3 Å². The molecule has 0 fully saturated rings. The van der Waals surface area contributed by atoms with E-state index in [4.69, 9.17) is 18.0 Å². The van der Waals surface area contributed by atoms with Crippen LogP contribution in [-0.4, -0.2) is 31.7 Å². The Kier molecular flexibility index (Phi) is 6.36. The van der Waals surface area contributed by atoms with Crippen LogP contribution in [0.25, 0.3) is 0 Å². The number of hydrogen-bond acceptors (Lipinski definition) is 3. The zero-order valence-electron chi connectivity index (χ0n) is 14.8. The standard InChI is InChI=1S/C19H24N4OS/c1-13-12-14(4-9-17(13)23(2)3)10-11-21-19(25)22-16-7-5-15(6-8-16)18(20)24/h4-9,12H,10-11H2,1-3H3,(H2,20,24)(H2,21,22,25). The van der Waals surface area contributed by atoms with Crippen LogP contribution in [0.3, 0.4) is 0 Å². The number of rotatable bonds is 6. The van der Waals surface area contributed by atoms with E-state index in [0.717, 1.165) is 18.7 Å². The summed E-state index contributed by atoms with van der Waals surface area (Å²) in [7, 11) is 4.09. The van der Waals surface area contributed by atoms with Gasteiger partial charge in [-0.3, -0.25) is 4.79 Å². The van der Waals surface area contributed by atoms with Crippen LogP contribution in [0.5, 0.6) is 0 Å². The highest BCUT2D eigenvalue weighted by Gasteiger charge is 2.04. The highest BCUT2D eigenvalue weighted by atomic mass is 32.1. The van der Waals surface area contributed by atoms with Gasteiger partial charge in [-0.25, -0.2) is 0 Å². The highest BCUT2D eigenvalue weighted by Crippen LogP contribution is 2.19. The minimum atomic E-state index is -0.442. The van der Waals surface area contributed by atoms with E-state index >= 15 is 0 Å². The van der Waals surface area contributed by atoms with Crippen molar-refractivity contribution in [2.75, 3.05) is 30.9 Å². The highest BCUT2D eigenvalue weighted by molar-refractivity contribution is 7.80. The molecule has 0 radical (unpaired) electrons. The van der Waals surface area contributed by atoms with Crippen molar-refractivity contribution in [1.82, 2.24) is 5.32 Å². The number of thiocarbonyl (C=S) groups is 1. The van der Waals surface area contributed by atoms with Gasteiger partial charge < -0.3 is 21.3 Å². The molecule has 0 bridgehead atoms. The van der Waals surface area contributed by atoms with Crippen LogP contribution in [0.1, 0.15) is 21.5 Å². The molecule has 0 aliphatic carbocycles. The average Bonchev–Trinajstić information content (AvgIpc) is 2.55. The molecule has 0 spiro atoms. The van der Waals surface area contributed by atoms with Crippen LogP contribution in [0.4, 0.5) is 11.4 Å². The van der Waals surface area contributed by atoms with Crippen molar-refractivity contribution >= 4 is 34.6 Å². The Hall–Kier alpha value is -2.60. The van der Waals surface area contributed by atoms with Crippen molar-refractivity contribution in [3.63, 3.8) is 0 Å². The number of hydrogen-bond donors (Lipinski definition) is 3. The molecule has 6 heteroatoms. The monoisotopic (exact) mass is 356 g/mol. The minimum absolute atomic E-state index is 0.442. The van der Waals surface area contributed by atoms with Gasteiger partial charge in [-0.2, -0.15) is 0 Å². The molecule has 4 N–H and O–H groups in total. The predicted molar refractivity (Wildman–Crippen MR) is 108 cm³/mol. The predicted octanol–water partition coefficient (Wildman–Crippen LogP) is 2.69. The fourth-order valence-corrected chi connectivity index (χ4v) is 2.81. The van der Waals surface area contributed by atoms with Gasteiger partial charge in [-0.15, -0.1) is 0 Å². The Bertz CT molecular complexity index is 757. The van der Waals surface area contributed by atoms with Crippen molar-refractivity contribution in [3.8, 4) is 0 Å². The Labute approximate surface area is 154 Å². The lowest BCUT2D eigenvalue weighted by Crippen LogP contribution is -2.30. The fourth-order valence-electron chi connectivity index (χ4n) is 2.59. The average molecular weight is 356 g/mol. The molecule has 0 heterocycles. The zero-order valence-corrected chi connectivity index (χ0v) is 15.6. The second-order valence-electron chi connectivity index (χ2n) is 6.09. The van der Waals surface area contributed by atoms with Gasteiger partial charge in [0.25, 0.3) is 0 Å². The Morgan fingerprint density at radius 2 is 1.84 bits per heavy atom. The number of benzene rings is 2. The molecule has 0 aliphatic heterocycles. The van der Waals surface area contributed by atoms with Gasteiger partial charge in [0.05, 0.1) is 0 Å². The SMILES string of the molecule is Cc1cc(CCNC(=S)Nc2ccc(C(N)=O)cc2)ccc1N(C)C. The Balaban J connectivity index is 1.82. The number of nitrogens with two attached hydrogens (primary N) is 1. The van der Waals surface area contributed by atoms with Crippen LogP contribution >= 0.6 is 12.2 Å². The van der Waals surface area contributed by atoms with Gasteiger partial charge in [-0.05, 0) is 67.0 Å². The summed E-state index contributed by atoms with van der Waals surface area (Å²) in [6.45, 7) is 2.86. The molecule has 2 rings (SSSR count). The van der Waals surface area contributed by atoms with Crippen LogP contribution < -0.4 is 21.3 Å². The number of aryl methyl sites for hydroxylation is 1. The molecule has 132 valence electrons. The van der Waals surface area contributed by atoms with Crippen molar-refractivity contribution in [3.05, 3.63) is 59.2 Å². The number of nitrogens with one attached hydrogen (secondary N) is 2. The molecule has 0 atom stereocenters. The molecular formula is C19H24N4OS. The molecule has 0 saturated heterocycles. The quantitative estimate of drug-likeness (QED) is 0.694. The smallest absolute Gasteiger partial charge is 0.248 e. The van der Waals surface area contributed by atoms with Gasteiger partial charge in [0.2, 0.25) is 5.91 Å². The third kappa shape index (κ3) is 5.46. The second kappa shape index (κ2) is 8.48. The van der Waals surface area contributed by atoms with E-state index in [1.807, 2.05) is 14.1 Å². The lowest BCUT2D eigenvalue weighted by molar-refractivity contribution is 0.100. The first-order chi connectivity index (χ1) is 11.9. The molecule has 2 aromatic rings. The molecule has 2 aromatic carbocycles. The number of carbonyl (C=O) groups is 1. The van der Waals surface area contributed by atoms with Gasteiger partial charge in [0.1, 0.15) is 0 Å². The summed E-state index contributed by atoms with van der Waals surface area (Å²) >= 11 is 5.30. The van der Waals surface area contributed by atoms with Gasteiger partial charge in [0.15, 0.2) is 5.11 Å². The molecule has 1 amide bonds. The van der Waals surface area contributed by atoms with Crippen LogP contribution in [0.15, 0.2) is 42.5 Å². The minimum Gasteiger partial charge on any atom is -0.377 e. The van der Waals surface area contributed by atoms with Crippen LogP contribution in [-0.2, 0) is 6.42 Å². The third-order valence-corrected chi connectivity index (χ3v) is 4.12. The van der Waals surface area contributed by atoms with Crippen LogP contribution in [0.2, 0.25) is 0 Å². The first-order valence-corrected chi connectivity index (χ1v) is 8.49. The second-order valence-corrected chi connectivity index (χ2v) is 6.50. The summed E-state index contributed by atoms with van der Waals surface area (Å²) < 4.78 is 0. The topological polar surface area (TPSA) is 70.4 Å². The number of nitrogens with zero attached hydrogens (tertiary/aromatic N) is 1. The summed E-state index contributed by atoms with van der Waals surface area (Å²) in [5.74, 6) is -0.442. The zero-order chi connectivity index (χ0) is 18.4. The Morgan fingerprint density at radius 3 is 2.40 bits per heavy atom. The number of primary amides is 1. The maximum Gasteiger partial charge on any atom is 0.248 e. The van der Waals surface area contributed by atoms with Gasteiger partial charge in [0, 0.05) is 37.6 Å². The fraction of sp³-hybridized carbons (Fsp3) is 0.263. The summed E-state index contributed by atoms with van der Waals surface area (Å²) in [4.78, 5) is 13.2. The van der Waals surface area contributed by atoms with E-state index in [9.17, 15) is 4.79 Å². The molecule has 5 nitrogen and oxygen atoms in total. The van der Waals surface area contributed by atoms with Crippen molar-refractivity contribution in [1.29, 1.82) is 0 Å². The van der Waals surface area contributed by atoms with E-state index in [2.05, 4.69) is 40.7 Å². The summed E-state index contributed by atoms with van der Waals surface area (Å²) in [5, 5.41) is 6.83. The van der Waals surface area contributed by atoms with E-state index in [-0.39, 0.29) is 0 Å². The molecule has 0 saturated carbocycles. The summed E-state index contributed by atoms with van der Waals surface area (Å²) in [6.07, 6.45) is 0.886. The van der Waals surface area contributed by atoms with E-state index in [1.165, 1.54) is 16.8 Å². The molecule has 25 heavy (non-hydrogen) atoms. The van der Waals surface area contributed by atoms with E-state index in [0.29, 0.717) is 10.7 Å². The Morgan fingerprint density at radius 1 is 1.16 bits per heavy atom. The first-order valence-electron chi connectivity index (χ1n) is 8.08. The third-order valence-electron chi connectivity index (χ3n) is 3.87. The molecule has 0 unspecified atom stereocenters.